The topological polar surface area (TPSA) is 17.8 Å². The zero-order valence-corrected chi connectivity index (χ0v) is 27.5. The van der Waals surface area contributed by atoms with Crippen molar-refractivity contribution in [2.75, 3.05) is 0 Å². The lowest BCUT2D eigenvalue weighted by atomic mass is 9.92. The lowest BCUT2D eigenvalue weighted by Gasteiger charge is -2.22. The smallest absolute Gasteiger partial charge is 0.111 e. The number of hydrogen-bond donors (Lipinski definition) is 0. The molecule has 1 aromatic rings. The number of unbranched alkanes of at least 4 members (excludes halogenated alkanes) is 22. The van der Waals surface area contributed by atoms with Crippen LogP contribution in [0.4, 0.5) is 0 Å². The Bertz CT molecular complexity index is 606. The van der Waals surface area contributed by atoms with Crippen LogP contribution in [-0.4, -0.2) is 9.55 Å². The molecule has 0 aliphatic carbocycles. The standard InChI is InChI=1S/C37H72N2/c1-5-8-11-14-16-18-19-21-23-26-29-32-36(31-28-25-22-20-17-15-12-9-6-2)37-38-33-34-39(37)35(4)30-27-24-13-10-7-3/h33-36H,5-32H2,1-4H3. The van der Waals surface area contributed by atoms with Crippen molar-refractivity contribution in [2.24, 2.45) is 0 Å². The van der Waals surface area contributed by atoms with Gasteiger partial charge >= 0.3 is 0 Å². The molecule has 0 radical (unpaired) electrons. The molecule has 0 bridgehead atoms. The predicted octanol–water partition coefficient (Wildman–Crippen LogP) is 13.5. The summed E-state index contributed by atoms with van der Waals surface area (Å²) in [5, 5.41) is 0. The fourth-order valence-corrected chi connectivity index (χ4v) is 6.35. The molecule has 0 spiro atoms. The van der Waals surface area contributed by atoms with Crippen LogP contribution in [0.5, 0.6) is 0 Å². The van der Waals surface area contributed by atoms with Crippen LogP contribution >= 0.6 is 0 Å². The molecule has 230 valence electrons. The van der Waals surface area contributed by atoms with E-state index in [-0.39, 0.29) is 0 Å². The molecule has 0 aromatic carbocycles. The summed E-state index contributed by atoms with van der Waals surface area (Å²) in [6.07, 6.45) is 43.8. The van der Waals surface area contributed by atoms with Crippen LogP contribution in [0.15, 0.2) is 12.4 Å². The Kier molecular flexibility index (Phi) is 25.4. The first-order valence-corrected chi connectivity index (χ1v) is 18.3. The zero-order valence-electron chi connectivity index (χ0n) is 27.5. The molecule has 0 N–H and O–H groups in total. The van der Waals surface area contributed by atoms with Gasteiger partial charge in [0.2, 0.25) is 0 Å². The van der Waals surface area contributed by atoms with Crippen LogP contribution < -0.4 is 0 Å². The van der Waals surface area contributed by atoms with E-state index in [1.54, 1.807) is 0 Å². The van der Waals surface area contributed by atoms with Gasteiger partial charge in [-0.05, 0) is 26.2 Å². The van der Waals surface area contributed by atoms with Crippen LogP contribution in [0.1, 0.15) is 225 Å². The highest BCUT2D eigenvalue weighted by molar-refractivity contribution is 5.02. The SMILES string of the molecule is CCCCCCCCCCCCCC(CCCCCCCCCCC)c1nccn1C(C)CCCCCCC. The number of aromatic nitrogens is 2. The minimum atomic E-state index is 0.590. The molecule has 2 unspecified atom stereocenters. The summed E-state index contributed by atoms with van der Waals surface area (Å²) in [5.41, 5.74) is 0. The van der Waals surface area contributed by atoms with Crippen molar-refractivity contribution in [1.82, 2.24) is 9.55 Å². The van der Waals surface area contributed by atoms with E-state index >= 15 is 0 Å². The molecular formula is C37H72N2. The summed E-state index contributed by atoms with van der Waals surface area (Å²) in [6.45, 7) is 9.36. The van der Waals surface area contributed by atoms with E-state index in [0.717, 1.165) is 0 Å². The highest BCUT2D eigenvalue weighted by Gasteiger charge is 2.19. The molecule has 1 heterocycles. The van der Waals surface area contributed by atoms with E-state index in [0.29, 0.717) is 12.0 Å². The summed E-state index contributed by atoms with van der Waals surface area (Å²) in [5.74, 6) is 2.06. The Morgan fingerprint density at radius 3 is 1.21 bits per heavy atom. The summed E-state index contributed by atoms with van der Waals surface area (Å²) < 4.78 is 2.57. The second-order valence-electron chi connectivity index (χ2n) is 12.9. The maximum atomic E-state index is 4.99. The van der Waals surface area contributed by atoms with Gasteiger partial charge in [0.25, 0.3) is 0 Å². The van der Waals surface area contributed by atoms with Crippen LogP contribution in [0.2, 0.25) is 0 Å². The summed E-state index contributed by atoms with van der Waals surface area (Å²) in [7, 11) is 0. The third kappa shape index (κ3) is 19.8. The first-order valence-electron chi connectivity index (χ1n) is 18.3. The molecule has 0 aliphatic heterocycles. The van der Waals surface area contributed by atoms with Crippen molar-refractivity contribution < 1.29 is 0 Å². The second-order valence-corrected chi connectivity index (χ2v) is 12.9. The molecule has 0 saturated carbocycles. The molecule has 1 rings (SSSR count). The van der Waals surface area contributed by atoms with E-state index < -0.39 is 0 Å². The summed E-state index contributed by atoms with van der Waals surface area (Å²) in [6, 6.07) is 0.590. The fraction of sp³-hybridized carbons (Fsp3) is 0.919. The second kappa shape index (κ2) is 27.4. The molecule has 0 fully saturated rings. The van der Waals surface area contributed by atoms with E-state index in [1.165, 1.54) is 186 Å². The maximum absolute atomic E-state index is 4.99. The molecule has 1 aromatic heterocycles. The highest BCUT2D eigenvalue weighted by atomic mass is 15.1. The van der Waals surface area contributed by atoms with E-state index in [9.17, 15) is 0 Å². The van der Waals surface area contributed by atoms with Gasteiger partial charge in [-0.3, -0.25) is 0 Å². The van der Waals surface area contributed by atoms with Crippen molar-refractivity contribution in [3.8, 4) is 0 Å². The summed E-state index contributed by atoms with van der Waals surface area (Å²) in [4.78, 5) is 4.99. The van der Waals surface area contributed by atoms with Crippen molar-refractivity contribution in [3.63, 3.8) is 0 Å². The van der Waals surface area contributed by atoms with Gasteiger partial charge in [0.05, 0.1) is 0 Å². The largest absolute Gasteiger partial charge is 0.332 e. The molecule has 0 amide bonds. The van der Waals surface area contributed by atoms with Gasteiger partial charge in [0, 0.05) is 24.4 Å². The highest BCUT2D eigenvalue weighted by Crippen LogP contribution is 2.31. The van der Waals surface area contributed by atoms with Crippen molar-refractivity contribution >= 4 is 0 Å². The first-order chi connectivity index (χ1) is 19.2. The predicted molar refractivity (Wildman–Crippen MR) is 176 cm³/mol. The van der Waals surface area contributed by atoms with Crippen LogP contribution in [0.25, 0.3) is 0 Å². The van der Waals surface area contributed by atoms with Gasteiger partial charge in [0.1, 0.15) is 5.82 Å². The molecule has 2 heteroatoms. The lowest BCUT2D eigenvalue weighted by molar-refractivity contribution is 0.412. The monoisotopic (exact) mass is 545 g/mol. The molecule has 39 heavy (non-hydrogen) atoms. The molecule has 2 atom stereocenters. The van der Waals surface area contributed by atoms with Crippen LogP contribution in [-0.2, 0) is 0 Å². The van der Waals surface area contributed by atoms with Gasteiger partial charge in [-0.1, -0.05) is 181 Å². The van der Waals surface area contributed by atoms with Gasteiger partial charge in [0.15, 0.2) is 0 Å². The number of nitrogens with zero attached hydrogens (tertiary/aromatic N) is 2. The van der Waals surface area contributed by atoms with Gasteiger partial charge < -0.3 is 4.57 Å². The third-order valence-corrected chi connectivity index (χ3v) is 9.08. The number of rotatable bonds is 30. The minimum Gasteiger partial charge on any atom is -0.332 e. The number of imidazole rings is 1. The Labute approximate surface area is 246 Å². The summed E-state index contributed by atoms with van der Waals surface area (Å²) >= 11 is 0. The third-order valence-electron chi connectivity index (χ3n) is 9.08. The molecule has 0 aliphatic rings. The number of hydrogen-bond acceptors (Lipinski definition) is 1. The molecule has 0 saturated heterocycles. The minimum absolute atomic E-state index is 0.590. The lowest BCUT2D eigenvalue weighted by Crippen LogP contribution is -2.13. The van der Waals surface area contributed by atoms with E-state index in [1.807, 2.05) is 0 Å². The van der Waals surface area contributed by atoms with Gasteiger partial charge in [-0.2, -0.15) is 0 Å². The quantitative estimate of drug-likeness (QED) is 0.0880. The Balaban J connectivity index is 2.44. The fourth-order valence-electron chi connectivity index (χ4n) is 6.35. The van der Waals surface area contributed by atoms with Gasteiger partial charge in [-0.15, -0.1) is 0 Å². The molecule has 2 nitrogen and oxygen atoms in total. The van der Waals surface area contributed by atoms with Crippen LogP contribution in [0, 0.1) is 0 Å². The van der Waals surface area contributed by atoms with Gasteiger partial charge in [-0.25, -0.2) is 4.98 Å². The average Bonchev–Trinajstić information content (AvgIpc) is 3.43. The Morgan fingerprint density at radius 2 is 0.821 bits per heavy atom. The Morgan fingerprint density at radius 1 is 0.487 bits per heavy atom. The Hall–Kier alpha value is -0.790. The van der Waals surface area contributed by atoms with Crippen molar-refractivity contribution in [3.05, 3.63) is 18.2 Å². The van der Waals surface area contributed by atoms with E-state index in [2.05, 4.69) is 44.7 Å². The van der Waals surface area contributed by atoms with Crippen molar-refractivity contribution in [2.45, 2.75) is 219 Å². The van der Waals surface area contributed by atoms with E-state index in [4.69, 9.17) is 4.98 Å². The zero-order chi connectivity index (χ0) is 28.2. The maximum Gasteiger partial charge on any atom is 0.111 e. The average molecular weight is 545 g/mol. The first kappa shape index (κ1) is 36.2. The van der Waals surface area contributed by atoms with Crippen molar-refractivity contribution in [1.29, 1.82) is 0 Å². The molecular weight excluding hydrogens is 472 g/mol. The normalized spacial score (nSPS) is 13.2. The van der Waals surface area contributed by atoms with Crippen LogP contribution in [0.3, 0.4) is 0 Å².